The molecular formula is C18H22FN3O2. The first-order chi connectivity index (χ1) is 11.6. The number of carbonyl (C=O) groups excluding carboxylic acids is 1. The molecule has 0 fully saturated rings. The zero-order valence-corrected chi connectivity index (χ0v) is 13.9. The van der Waals surface area contributed by atoms with Crippen molar-refractivity contribution in [3.63, 3.8) is 0 Å². The van der Waals surface area contributed by atoms with Crippen molar-refractivity contribution < 1.29 is 13.9 Å². The smallest absolute Gasteiger partial charge is 0.241 e. The number of likely N-dealkylation sites (N-methyl/N-ethyl adjacent to an activating group) is 1. The van der Waals surface area contributed by atoms with E-state index in [1.165, 1.54) is 12.1 Å². The highest BCUT2D eigenvalue weighted by atomic mass is 19.1. The van der Waals surface area contributed by atoms with Crippen LogP contribution in [-0.4, -0.2) is 43.0 Å². The minimum absolute atomic E-state index is 0.160. The van der Waals surface area contributed by atoms with E-state index in [1.807, 2.05) is 6.07 Å². The Morgan fingerprint density at radius 2 is 2.17 bits per heavy atom. The SMILES string of the molecule is CN(C)C(C(=O)NCCCOc1cccnc1)c1cccc(F)c1. The van der Waals surface area contributed by atoms with E-state index in [0.29, 0.717) is 30.9 Å². The molecule has 1 amide bonds. The standard InChI is InChI=1S/C18H22FN3O2/c1-22(2)17(14-6-3-7-15(19)12-14)18(23)21-10-5-11-24-16-8-4-9-20-13-16/h3-4,6-9,12-13,17H,5,10-11H2,1-2H3,(H,21,23). The molecule has 0 saturated carbocycles. The molecule has 0 bridgehead atoms. The predicted octanol–water partition coefficient (Wildman–Crippen LogP) is 2.41. The van der Waals surface area contributed by atoms with E-state index in [4.69, 9.17) is 4.74 Å². The van der Waals surface area contributed by atoms with Gasteiger partial charge in [-0.1, -0.05) is 12.1 Å². The van der Waals surface area contributed by atoms with Gasteiger partial charge >= 0.3 is 0 Å². The summed E-state index contributed by atoms with van der Waals surface area (Å²) in [5.41, 5.74) is 0.629. The van der Waals surface area contributed by atoms with Crippen LogP contribution in [0.15, 0.2) is 48.8 Å². The van der Waals surface area contributed by atoms with E-state index in [9.17, 15) is 9.18 Å². The number of carbonyl (C=O) groups is 1. The lowest BCUT2D eigenvalue weighted by molar-refractivity contribution is -0.125. The van der Waals surface area contributed by atoms with E-state index < -0.39 is 6.04 Å². The largest absolute Gasteiger partial charge is 0.492 e. The van der Waals surface area contributed by atoms with Crippen molar-refractivity contribution >= 4 is 5.91 Å². The summed E-state index contributed by atoms with van der Waals surface area (Å²) in [5, 5.41) is 2.87. The number of nitrogens with one attached hydrogen (secondary N) is 1. The summed E-state index contributed by atoms with van der Waals surface area (Å²) < 4.78 is 18.9. The number of halogens is 1. The Labute approximate surface area is 141 Å². The molecule has 0 radical (unpaired) electrons. The number of nitrogens with zero attached hydrogens (tertiary/aromatic N) is 2. The van der Waals surface area contributed by atoms with E-state index in [0.717, 1.165) is 0 Å². The van der Waals surface area contributed by atoms with Crippen molar-refractivity contribution in [1.82, 2.24) is 15.2 Å². The molecule has 2 rings (SSSR count). The Morgan fingerprint density at radius 1 is 1.33 bits per heavy atom. The van der Waals surface area contributed by atoms with Crippen LogP contribution in [0.3, 0.4) is 0 Å². The van der Waals surface area contributed by atoms with Gasteiger partial charge in [0, 0.05) is 12.7 Å². The van der Waals surface area contributed by atoms with Crippen LogP contribution in [0, 0.1) is 5.82 Å². The van der Waals surface area contributed by atoms with Gasteiger partial charge < -0.3 is 10.1 Å². The Morgan fingerprint density at radius 3 is 2.83 bits per heavy atom. The molecule has 1 heterocycles. The van der Waals surface area contributed by atoms with Crippen molar-refractivity contribution in [2.45, 2.75) is 12.5 Å². The average molecular weight is 331 g/mol. The maximum Gasteiger partial charge on any atom is 0.241 e. The molecular weight excluding hydrogens is 309 g/mol. The third kappa shape index (κ3) is 5.31. The minimum atomic E-state index is -0.528. The number of hydrogen-bond donors (Lipinski definition) is 1. The normalized spacial score (nSPS) is 12.0. The van der Waals surface area contributed by atoms with Crippen LogP contribution >= 0.6 is 0 Å². The highest BCUT2D eigenvalue weighted by Gasteiger charge is 2.22. The minimum Gasteiger partial charge on any atom is -0.492 e. The second-order valence-corrected chi connectivity index (χ2v) is 5.60. The number of amides is 1. The maximum absolute atomic E-state index is 13.4. The Hall–Kier alpha value is -2.47. The van der Waals surface area contributed by atoms with Gasteiger partial charge in [-0.2, -0.15) is 0 Å². The molecule has 2 aromatic rings. The van der Waals surface area contributed by atoms with Gasteiger partial charge in [0.05, 0.1) is 12.8 Å². The molecule has 0 spiro atoms. The molecule has 0 aliphatic rings. The zero-order chi connectivity index (χ0) is 17.4. The molecule has 1 N–H and O–H groups in total. The molecule has 0 aliphatic heterocycles. The summed E-state index contributed by atoms with van der Waals surface area (Å²) in [5.74, 6) is 0.193. The molecule has 128 valence electrons. The van der Waals surface area contributed by atoms with E-state index in [2.05, 4.69) is 10.3 Å². The lowest BCUT2D eigenvalue weighted by Crippen LogP contribution is -2.37. The number of pyridine rings is 1. The second kappa shape index (κ2) is 8.98. The van der Waals surface area contributed by atoms with E-state index >= 15 is 0 Å². The summed E-state index contributed by atoms with van der Waals surface area (Å²) in [4.78, 5) is 18.1. The van der Waals surface area contributed by atoms with Gasteiger partial charge in [0.15, 0.2) is 0 Å². The van der Waals surface area contributed by atoms with Crippen LogP contribution in [0.1, 0.15) is 18.0 Å². The molecule has 0 aliphatic carbocycles. The van der Waals surface area contributed by atoms with Crippen LogP contribution < -0.4 is 10.1 Å². The highest BCUT2D eigenvalue weighted by molar-refractivity contribution is 5.83. The van der Waals surface area contributed by atoms with Gasteiger partial charge in [-0.15, -0.1) is 0 Å². The molecule has 1 unspecified atom stereocenters. The Kier molecular flexibility index (Phi) is 6.69. The fourth-order valence-electron chi connectivity index (χ4n) is 2.36. The number of benzene rings is 1. The maximum atomic E-state index is 13.4. The van der Waals surface area contributed by atoms with Gasteiger partial charge in [0.25, 0.3) is 0 Å². The summed E-state index contributed by atoms with van der Waals surface area (Å²) in [6, 6.07) is 9.21. The number of aromatic nitrogens is 1. The molecule has 0 saturated heterocycles. The average Bonchev–Trinajstić information content (AvgIpc) is 2.55. The Balaban J connectivity index is 1.81. The summed E-state index contributed by atoms with van der Waals surface area (Å²) >= 11 is 0. The topological polar surface area (TPSA) is 54.5 Å². The first kappa shape index (κ1) is 17.9. The zero-order valence-electron chi connectivity index (χ0n) is 13.9. The fraction of sp³-hybridized carbons (Fsp3) is 0.333. The summed E-state index contributed by atoms with van der Waals surface area (Å²) in [7, 11) is 3.58. The summed E-state index contributed by atoms with van der Waals surface area (Å²) in [6.07, 6.45) is 4.00. The van der Waals surface area contributed by atoms with Crippen molar-refractivity contribution in [1.29, 1.82) is 0 Å². The molecule has 24 heavy (non-hydrogen) atoms. The van der Waals surface area contributed by atoms with Crippen molar-refractivity contribution in [3.8, 4) is 5.75 Å². The molecule has 1 aromatic heterocycles. The van der Waals surface area contributed by atoms with Crippen LogP contribution in [-0.2, 0) is 4.79 Å². The first-order valence-corrected chi connectivity index (χ1v) is 7.80. The molecule has 1 atom stereocenters. The lowest BCUT2D eigenvalue weighted by Gasteiger charge is -2.24. The van der Waals surface area contributed by atoms with Crippen LogP contribution in [0.5, 0.6) is 5.75 Å². The van der Waals surface area contributed by atoms with Gasteiger partial charge in [0.2, 0.25) is 5.91 Å². The molecule has 1 aromatic carbocycles. The third-order valence-electron chi connectivity index (χ3n) is 3.45. The number of rotatable bonds is 8. The van der Waals surface area contributed by atoms with Crippen molar-refractivity contribution in [2.75, 3.05) is 27.2 Å². The predicted molar refractivity (Wildman–Crippen MR) is 90.2 cm³/mol. The van der Waals surface area contributed by atoms with Crippen LogP contribution in [0.2, 0.25) is 0 Å². The van der Waals surface area contributed by atoms with E-state index in [1.54, 1.807) is 49.6 Å². The second-order valence-electron chi connectivity index (χ2n) is 5.60. The third-order valence-corrected chi connectivity index (χ3v) is 3.45. The molecule has 6 heteroatoms. The first-order valence-electron chi connectivity index (χ1n) is 7.80. The van der Waals surface area contributed by atoms with Gasteiger partial charge in [-0.25, -0.2) is 4.39 Å². The highest BCUT2D eigenvalue weighted by Crippen LogP contribution is 2.19. The quantitative estimate of drug-likeness (QED) is 0.755. The Bertz CT molecular complexity index is 650. The number of ether oxygens (including phenoxy) is 1. The summed E-state index contributed by atoms with van der Waals surface area (Å²) in [6.45, 7) is 0.970. The van der Waals surface area contributed by atoms with Crippen LogP contribution in [0.25, 0.3) is 0 Å². The van der Waals surface area contributed by atoms with Gasteiger partial charge in [0.1, 0.15) is 17.6 Å². The monoisotopic (exact) mass is 331 g/mol. The van der Waals surface area contributed by atoms with Gasteiger partial charge in [-0.3, -0.25) is 14.7 Å². The number of hydrogen-bond acceptors (Lipinski definition) is 4. The molecule has 5 nitrogen and oxygen atoms in total. The van der Waals surface area contributed by atoms with Crippen LogP contribution in [0.4, 0.5) is 4.39 Å². The van der Waals surface area contributed by atoms with Crippen molar-refractivity contribution in [3.05, 3.63) is 60.2 Å². The van der Waals surface area contributed by atoms with E-state index in [-0.39, 0.29) is 11.7 Å². The van der Waals surface area contributed by atoms with Crippen molar-refractivity contribution in [2.24, 2.45) is 0 Å². The van der Waals surface area contributed by atoms with Gasteiger partial charge in [-0.05, 0) is 50.3 Å². The fourth-order valence-corrected chi connectivity index (χ4v) is 2.36. The lowest BCUT2D eigenvalue weighted by atomic mass is 10.1.